The number of benzene rings is 1. The van der Waals surface area contributed by atoms with E-state index in [0.717, 1.165) is 11.3 Å². The van der Waals surface area contributed by atoms with E-state index in [9.17, 15) is 4.79 Å². The van der Waals surface area contributed by atoms with Crippen molar-refractivity contribution in [2.24, 2.45) is 0 Å². The molecule has 0 atom stereocenters. The second-order valence-corrected chi connectivity index (χ2v) is 4.61. The zero-order valence-electron chi connectivity index (χ0n) is 10.7. The van der Waals surface area contributed by atoms with E-state index in [1.54, 1.807) is 29.4 Å². The van der Waals surface area contributed by atoms with Gasteiger partial charge < -0.3 is 4.90 Å². The average Bonchev–Trinajstić information content (AvgIpc) is 2.45. The molecule has 0 spiro atoms. The number of hydrogen-bond acceptors (Lipinski definition) is 2. The van der Waals surface area contributed by atoms with Crippen LogP contribution in [0.3, 0.4) is 0 Å². The van der Waals surface area contributed by atoms with Crippen molar-refractivity contribution in [1.82, 2.24) is 4.98 Å². The maximum Gasteiger partial charge on any atom is 0.227 e. The Kier molecular flexibility index (Phi) is 4.53. The van der Waals surface area contributed by atoms with Gasteiger partial charge in [0.05, 0.1) is 6.54 Å². The standard InChI is InChI=1S/C15H15ClN2O/c1-2-15(19)18(11-12-5-4-8-17-10-12)14-7-3-6-13(16)9-14/h3-10H,2,11H2,1H3. The molecule has 2 aromatic rings. The number of nitrogens with zero attached hydrogens (tertiary/aromatic N) is 2. The Morgan fingerprint density at radius 2 is 2.16 bits per heavy atom. The zero-order valence-corrected chi connectivity index (χ0v) is 11.5. The number of anilines is 1. The van der Waals surface area contributed by atoms with Gasteiger partial charge in [0.25, 0.3) is 0 Å². The molecular weight excluding hydrogens is 260 g/mol. The molecule has 0 fully saturated rings. The summed E-state index contributed by atoms with van der Waals surface area (Å²) in [5.74, 6) is 0.0612. The second kappa shape index (κ2) is 6.34. The summed E-state index contributed by atoms with van der Waals surface area (Å²) in [6, 6.07) is 11.1. The molecule has 98 valence electrons. The number of rotatable bonds is 4. The molecule has 4 heteroatoms. The van der Waals surface area contributed by atoms with Gasteiger partial charge in [-0.2, -0.15) is 0 Å². The maximum absolute atomic E-state index is 12.1. The first-order valence-electron chi connectivity index (χ1n) is 6.15. The molecule has 0 aliphatic carbocycles. The highest BCUT2D eigenvalue weighted by atomic mass is 35.5. The third-order valence-corrected chi connectivity index (χ3v) is 3.02. The Labute approximate surface area is 117 Å². The molecule has 3 nitrogen and oxygen atoms in total. The fraction of sp³-hybridized carbons (Fsp3) is 0.200. The molecule has 0 unspecified atom stereocenters. The molecule has 1 aromatic heterocycles. The number of hydrogen-bond donors (Lipinski definition) is 0. The molecule has 1 aromatic carbocycles. The first kappa shape index (κ1) is 13.6. The Morgan fingerprint density at radius 1 is 1.32 bits per heavy atom. The van der Waals surface area contributed by atoms with E-state index in [1.807, 2.05) is 31.2 Å². The molecule has 2 rings (SSSR count). The van der Waals surface area contributed by atoms with Crippen LogP contribution in [0, 0.1) is 0 Å². The Hall–Kier alpha value is -1.87. The molecule has 0 N–H and O–H groups in total. The number of pyridine rings is 1. The quantitative estimate of drug-likeness (QED) is 0.852. The predicted octanol–water partition coefficient (Wildman–Crippen LogP) is 3.68. The predicted molar refractivity (Wildman–Crippen MR) is 77.2 cm³/mol. The first-order valence-corrected chi connectivity index (χ1v) is 6.53. The third-order valence-electron chi connectivity index (χ3n) is 2.79. The second-order valence-electron chi connectivity index (χ2n) is 4.17. The lowest BCUT2D eigenvalue weighted by Gasteiger charge is -2.22. The molecule has 0 aliphatic rings. The van der Waals surface area contributed by atoms with E-state index in [-0.39, 0.29) is 5.91 Å². The maximum atomic E-state index is 12.1. The zero-order chi connectivity index (χ0) is 13.7. The molecule has 0 saturated carbocycles. The van der Waals surface area contributed by atoms with E-state index in [0.29, 0.717) is 18.0 Å². The van der Waals surface area contributed by atoms with Gasteiger partial charge in [-0.05, 0) is 29.8 Å². The third kappa shape index (κ3) is 3.55. The lowest BCUT2D eigenvalue weighted by atomic mass is 10.2. The van der Waals surface area contributed by atoms with E-state index in [2.05, 4.69) is 4.98 Å². The van der Waals surface area contributed by atoms with Gasteiger partial charge in [0.15, 0.2) is 0 Å². The van der Waals surface area contributed by atoms with Crippen molar-refractivity contribution < 1.29 is 4.79 Å². The highest BCUT2D eigenvalue weighted by molar-refractivity contribution is 6.30. The van der Waals surface area contributed by atoms with Crippen LogP contribution in [-0.4, -0.2) is 10.9 Å². The van der Waals surface area contributed by atoms with Gasteiger partial charge in [-0.1, -0.05) is 30.7 Å². The largest absolute Gasteiger partial charge is 0.308 e. The van der Waals surface area contributed by atoms with Gasteiger partial charge in [-0.25, -0.2) is 0 Å². The van der Waals surface area contributed by atoms with E-state index < -0.39 is 0 Å². The summed E-state index contributed by atoms with van der Waals surface area (Å²) in [5.41, 5.74) is 1.80. The van der Waals surface area contributed by atoms with Gasteiger partial charge in [0.1, 0.15) is 0 Å². The SMILES string of the molecule is CCC(=O)N(Cc1cccnc1)c1cccc(Cl)c1. The highest BCUT2D eigenvalue weighted by Gasteiger charge is 2.14. The van der Waals surface area contributed by atoms with Crippen LogP contribution in [0.2, 0.25) is 5.02 Å². The van der Waals surface area contributed by atoms with Crippen molar-refractivity contribution in [3.63, 3.8) is 0 Å². The summed E-state index contributed by atoms with van der Waals surface area (Å²) in [6.45, 7) is 2.35. The van der Waals surface area contributed by atoms with Crippen LogP contribution < -0.4 is 4.90 Å². The minimum Gasteiger partial charge on any atom is -0.308 e. The van der Waals surface area contributed by atoms with E-state index >= 15 is 0 Å². The molecule has 1 heterocycles. The Balaban J connectivity index is 2.29. The number of carbonyl (C=O) groups is 1. The van der Waals surface area contributed by atoms with Crippen molar-refractivity contribution >= 4 is 23.2 Å². The molecule has 19 heavy (non-hydrogen) atoms. The van der Waals surface area contributed by atoms with Crippen molar-refractivity contribution in [3.8, 4) is 0 Å². The molecule has 0 radical (unpaired) electrons. The fourth-order valence-electron chi connectivity index (χ4n) is 1.83. The minimum atomic E-state index is 0.0612. The van der Waals surface area contributed by atoms with Gasteiger partial charge in [-0.15, -0.1) is 0 Å². The monoisotopic (exact) mass is 274 g/mol. The lowest BCUT2D eigenvalue weighted by molar-refractivity contribution is -0.118. The average molecular weight is 275 g/mol. The van der Waals surface area contributed by atoms with E-state index in [1.165, 1.54) is 0 Å². The van der Waals surface area contributed by atoms with Crippen molar-refractivity contribution in [1.29, 1.82) is 0 Å². The number of amides is 1. The van der Waals surface area contributed by atoms with Crippen LogP contribution >= 0.6 is 11.6 Å². The normalized spacial score (nSPS) is 10.2. The van der Waals surface area contributed by atoms with Gasteiger partial charge >= 0.3 is 0 Å². The van der Waals surface area contributed by atoms with Crippen LogP contribution in [0.15, 0.2) is 48.8 Å². The number of halogens is 1. The molecule has 0 saturated heterocycles. The summed E-state index contributed by atoms with van der Waals surface area (Å²) >= 11 is 5.99. The topological polar surface area (TPSA) is 33.2 Å². The van der Waals surface area contributed by atoms with Gasteiger partial charge in [0, 0.05) is 29.5 Å². The van der Waals surface area contributed by atoms with Crippen LogP contribution in [-0.2, 0) is 11.3 Å². The number of aromatic nitrogens is 1. The summed E-state index contributed by atoms with van der Waals surface area (Å²) in [7, 11) is 0. The molecule has 0 bridgehead atoms. The first-order chi connectivity index (χ1) is 9.20. The van der Waals surface area contributed by atoms with E-state index in [4.69, 9.17) is 11.6 Å². The minimum absolute atomic E-state index is 0.0612. The summed E-state index contributed by atoms with van der Waals surface area (Å²) in [5, 5.41) is 0.623. The summed E-state index contributed by atoms with van der Waals surface area (Å²) < 4.78 is 0. The summed E-state index contributed by atoms with van der Waals surface area (Å²) in [6.07, 6.45) is 3.93. The highest BCUT2D eigenvalue weighted by Crippen LogP contribution is 2.22. The molecule has 1 amide bonds. The van der Waals surface area contributed by atoms with Crippen LogP contribution in [0.5, 0.6) is 0 Å². The summed E-state index contributed by atoms with van der Waals surface area (Å²) in [4.78, 5) is 17.9. The van der Waals surface area contributed by atoms with Crippen molar-refractivity contribution in [3.05, 3.63) is 59.4 Å². The van der Waals surface area contributed by atoms with Crippen LogP contribution in [0.4, 0.5) is 5.69 Å². The van der Waals surface area contributed by atoms with Gasteiger partial charge in [-0.3, -0.25) is 9.78 Å². The Morgan fingerprint density at radius 3 is 2.79 bits per heavy atom. The smallest absolute Gasteiger partial charge is 0.227 e. The lowest BCUT2D eigenvalue weighted by Crippen LogP contribution is -2.29. The van der Waals surface area contributed by atoms with Crippen molar-refractivity contribution in [2.45, 2.75) is 19.9 Å². The molecule has 0 aliphatic heterocycles. The van der Waals surface area contributed by atoms with Gasteiger partial charge in [0.2, 0.25) is 5.91 Å². The van der Waals surface area contributed by atoms with Crippen molar-refractivity contribution in [2.75, 3.05) is 4.90 Å². The van der Waals surface area contributed by atoms with Crippen LogP contribution in [0.25, 0.3) is 0 Å². The Bertz CT molecular complexity index is 557. The number of carbonyl (C=O) groups excluding carboxylic acids is 1. The molecular formula is C15H15ClN2O. The fourth-order valence-corrected chi connectivity index (χ4v) is 2.02. The van der Waals surface area contributed by atoms with Crippen LogP contribution in [0.1, 0.15) is 18.9 Å².